The molecule has 1 fully saturated rings. The van der Waals surface area contributed by atoms with Crippen molar-refractivity contribution in [3.63, 3.8) is 0 Å². The monoisotopic (exact) mass is 294 g/mol. The number of amides is 2. The molecule has 2 rings (SSSR count). The Hall–Kier alpha value is -2.31. The van der Waals surface area contributed by atoms with Crippen LogP contribution in [-0.2, 0) is 14.3 Å². The molecule has 0 saturated carbocycles. The predicted molar refractivity (Wildman–Crippen MR) is 72.4 cm³/mol. The van der Waals surface area contributed by atoms with Crippen LogP contribution in [0.3, 0.4) is 0 Å². The molecule has 21 heavy (non-hydrogen) atoms. The van der Waals surface area contributed by atoms with E-state index in [0.29, 0.717) is 0 Å². The number of hydrogen-bond donors (Lipinski definition) is 1. The van der Waals surface area contributed by atoms with Gasteiger partial charge in [0.2, 0.25) is 0 Å². The molecule has 2 heterocycles. The molecule has 7 nitrogen and oxygen atoms in total. The fraction of sp³-hybridized carbons (Fsp3) is 0.500. The van der Waals surface area contributed by atoms with Crippen LogP contribution in [0.2, 0.25) is 0 Å². The Morgan fingerprint density at radius 2 is 2.05 bits per heavy atom. The normalized spacial score (nSPS) is 14.0. The lowest BCUT2D eigenvalue weighted by Gasteiger charge is -2.14. The summed E-state index contributed by atoms with van der Waals surface area (Å²) in [7, 11) is 0. The van der Waals surface area contributed by atoms with Gasteiger partial charge in [-0.3, -0.25) is 14.4 Å². The predicted octanol–water partition coefficient (Wildman–Crippen LogP) is 0.565. The third-order valence-electron chi connectivity index (χ3n) is 3.18. The second-order valence-corrected chi connectivity index (χ2v) is 4.73. The van der Waals surface area contributed by atoms with Crippen LogP contribution in [-0.4, -0.2) is 48.9 Å². The summed E-state index contributed by atoms with van der Waals surface area (Å²) in [6, 6.07) is 3.13. The van der Waals surface area contributed by atoms with E-state index in [1.54, 1.807) is 11.0 Å². The minimum Gasteiger partial charge on any atom is -0.459 e. The quantitative estimate of drug-likeness (QED) is 0.775. The van der Waals surface area contributed by atoms with E-state index in [1.165, 1.54) is 12.3 Å². The van der Waals surface area contributed by atoms with E-state index in [0.717, 1.165) is 25.9 Å². The molecule has 1 aliphatic heterocycles. The van der Waals surface area contributed by atoms with Gasteiger partial charge in [0, 0.05) is 19.6 Å². The maximum atomic E-state index is 11.7. The first-order chi connectivity index (χ1) is 10.2. The summed E-state index contributed by atoms with van der Waals surface area (Å²) in [4.78, 5) is 36.3. The van der Waals surface area contributed by atoms with Crippen molar-refractivity contribution in [1.82, 2.24) is 10.2 Å². The van der Waals surface area contributed by atoms with E-state index >= 15 is 0 Å². The molecule has 0 unspecified atom stereocenters. The SMILES string of the molecule is O=C(CCNC(=O)c1ccco1)OCC(=O)N1CCCC1. The highest BCUT2D eigenvalue weighted by Gasteiger charge is 2.19. The van der Waals surface area contributed by atoms with Gasteiger partial charge in [0.1, 0.15) is 0 Å². The first-order valence-corrected chi connectivity index (χ1v) is 6.92. The molecular weight excluding hydrogens is 276 g/mol. The van der Waals surface area contributed by atoms with E-state index in [2.05, 4.69) is 5.32 Å². The molecule has 0 bridgehead atoms. The number of likely N-dealkylation sites (tertiary alicyclic amines) is 1. The number of hydrogen-bond acceptors (Lipinski definition) is 5. The Bertz CT molecular complexity index is 491. The second kappa shape index (κ2) is 7.47. The van der Waals surface area contributed by atoms with Crippen molar-refractivity contribution < 1.29 is 23.5 Å². The standard InChI is InChI=1S/C14H18N2O5/c17-12(16-7-1-2-8-16)10-21-13(18)5-6-15-14(19)11-4-3-9-20-11/h3-4,9H,1-2,5-8,10H2,(H,15,19). The third-order valence-corrected chi connectivity index (χ3v) is 3.18. The third kappa shape index (κ3) is 4.62. The van der Waals surface area contributed by atoms with Gasteiger partial charge in [0.05, 0.1) is 12.7 Å². The highest BCUT2D eigenvalue weighted by Crippen LogP contribution is 2.07. The smallest absolute Gasteiger partial charge is 0.308 e. The summed E-state index contributed by atoms with van der Waals surface area (Å²) in [6.45, 7) is 1.37. The van der Waals surface area contributed by atoms with E-state index in [9.17, 15) is 14.4 Å². The van der Waals surface area contributed by atoms with Crippen molar-refractivity contribution in [3.8, 4) is 0 Å². The highest BCUT2D eigenvalue weighted by atomic mass is 16.5. The minimum absolute atomic E-state index is 0.0136. The van der Waals surface area contributed by atoms with E-state index in [4.69, 9.17) is 9.15 Å². The van der Waals surface area contributed by atoms with Crippen LogP contribution in [0.25, 0.3) is 0 Å². The van der Waals surface area contributed by atoms with Crippen LogP contribution < -0.4 is 5.32 Å². The van der Waals surface area contributed by atoms with Crippen molar-refractivity contribution in [3.05, 3.63) is 24.2 Å². The number of rotatable bonds is 6. The lowest BCUT2D eigenvalue weighted by atomic mass is 10.4. The van der Waals surface area contributed by atoms with Crippen LogP contribution in [0, 0.1) is 0 Å². The van der Waals surface area contributed by atoms with E-state index in [1.807, 2.05) is 0 Å². The van der Waals surface area contributed by atoms with Gasteiger partial charge in [-0.05, 0) is 25.0 Å². The molecule has 1 N–H and O–H groups in total. The summed E-state index contributed by atoms with van der Waals surface area (Å²) >= 11 is 0. The maximum Gasteiger partial charge on any atom is 0.308 e. The van der Waals surface area contributed by atoms with Crippen LogP contribution in [0.15, 0.2) is 22.8 Å². The molecule has 0 spiro atoms. The number of nitrogens with one attached hydrogen (secondary N) is 1. The largest absolute Gasteiger partial charge is 0.459 e. The number of esters is 1. The Labute approximate surface area is 122 Å². The summed E-state index contributed by atoms with van der Waals surface area (Å²) in [6.07, 6.45) is 3.41. The first-order valence-electron chi connectivity index (χ1n) is 6.92. The molecule has 0 atom stereocenters. The summed E-state index contributed by atoms with van der Waals surface area (Å²) in [5, 5.41) is 2.53. The molecule has 1 aromatic heterocycles. The number of furan rings is 1. The lowest BCUT2D eigenvalue weighted by Crippen LogP contribution is -2.32. The Morgan fingerprint density at radius 3 is 2.71 bits per heavy atom. The van der Waals surface area contributed by atoms with Gasteiger partial charge in [0.25, 0.3) is 11.8 Å². The van der Waals surface area contributed by atoms with Crippen molar-refractivity contribution in [2.45, 2.75) is 19.3 Å². The number of ether oxygens (including phenoxy) is 1. The van der Waals surface area contributed by atoms with Gasteiger partial charge in [-0.15, -0.1) is 0 Å². The summed E-state index contributed by atoms with van der Waals surface area (Å²) < 4.78 is 9.79. The molecule has 0 aromatic carbocycles. The van der Waals surface area contributed by atoms with Crippen LogP contribution in [0.5, 0.6) is 0 Å². The van der Waals surface area contributed by atoms with Crippen molar-refractivity contribution in [2.75, 3.05) is 26.2 Å². The zero-order valence-electron chi connectivity index (χ0n) is 11.7. The van der Waals surface area contributed by atoms with Gasteiger partial charge >= 0.3 is 5.97 Å². The zero-order valence-corrected chi connectivity index (χ0v) is 11.7. The Morgan fingerprint density at radius 1 is 1.29 bits per heavy atom. The van der Waals surface area contributed by atoms with Crippen LogP contribution in [0.4, 0.5) is 0 Å². The van der Waals surface area contributed by atoms with Gasteiger partial charge in [-0.2, -0.15) is 0 Å². The minimum atomic E-state index is -0.512. The zero-order chi connectivity index (χ0) is 15.1. The van der Waals surface area contributed by atoms with Gasteiger partial charge in [0.15, 0.2) is 12.4 Å². The van der Waals surface area contributed by atoms with E-state index < -0.39 is 5.97 Å². The molecule has 0 aliphatic carbocycles. The van der Waals surface area contributed by atoms with Crippen molar-refractivity contribution in [1.29, 1.82) is 0 Å². The van der Waals surface area contributed by atoms with Gasteiger partial charge in [-0.25, -0.2) is 0 Å². The number of nitrogens with zero attached hydrogens (tertiary/aromatic N) is 1. The average Bonchev–Trinajstić information content (AvgIpc) is 3.16. The van der Waals surface area contributed by atoms with Crippen LogP contribution in [0.1, 0.15) is 29.8 Å². The molecule has 1 saturated heterocycles. The molecule has 0 radical (unpaired) electrons. The molecule has 1 aromatic rings. The maximum absolute atomic E-state index is 11.7. The molecule has 2 amide bonds. The first kappa shape index (κ1) is 15.1. The topological polar surface area (TPSA) is 88.9 Å². The van der Waals surface area contributed by atoms with Crippen LogP contribution >= 0.6 is 0 Å². The Kier molecular flexibility index (Phi) is 5.36. The second-order valence-electron chi connectivity index (χ2n) is 4.73. The van der Waals surface area contributed by atoms with Gasteiger partial charge in [-0.1, -0.05) is 0 Å². The molecular formula is C14H18N2O5. The number of carbonyl (C=O) groups excluding carboxylic acids is 3. The molecule has 7 heteroatoms. The number of carbonyl (C=O) groups is 3. The lowest BCUT2D eigenvalue weighted by molar-refractivity contribution is -0.151. The summed E-state index contributed by atoms with van der Waals surface area (Å²) in [5.41, 5.74) is 0. The average molecular weight is 294 g/mol. The van der Waals surface area contributed by atoms with Crippen molar-refractivity contribution in [2.24, 2.45) is 0 Å². The fourth-order valence-electron chi connectivity index (χ4n) is 2.05. The van der Waals surface area contributed by atoms with Gasteiger partial charge < -0.3 is 19.4 Å². The van der Waals surface area contributed by atoms with E-state index in [-0.39, 0.29) is 37.1 Å². The fourth-order valence-corrected chi connectivity index (χ4v) is 2.05. The van der Waals surface area contributed by atoms with Crippen molar-refractivity contribution >= 4 is 17.8 Å². The molecule has 1 aliphatic rings. The Balaban J connectivity index is 1.59. The molecule has 114 valence electrons. The highest BCUT2D eigenvalue weighted by molar-refractivity contribution is 5.91. The summed E-state index contributed by atoms with van der Waals surface area (Å²) in [5.74, 6) is -0.878.